The molecule has 4 rings (SSSR count). The van der Waals surface area contributed by atoms with Crippen molar-refractivity contribution < 1.29 is 9.47 Å². The predicted octanol–water partition coefficient (Wildman–Crippen LogP) is 2.52. The first-order valence-corrected chi connectivity index (χ1v) is 11.0. The molecule has 0 amide bonds. The van der Waals surface area contributed by atoms with Gasteiger partial charge in [-0.15, -0.1) is 0 Å². The van der Waals surface area contributed by atoms with E-state index in [2.05, 4.69) is 22.2 Å². The Bertz CT molecular complexity index is 709. The maximum Gasteiger partial charge on any atom is 0.193 e. The number of guanidine groups is 1. The summed E-state index contributed by atoms with van der Waals surface area (Å²) in [5.74, 6) is 2.02. The maximum atomic E-state index is 6.28. The van der Waals surface area contributed by atoms with Gasteiger partial charge in [0.25, 0.3) is 0 Å². The van der Waals surface area contributed by atoms with Crippen molar-refractivity contribution in [3.63, 3.8) is 0 Å². The standard InChI is InChI=1S/C22H35N5O2/c1-26-12-8-22(9-13-26,27-10-3-2-4-11-27)17-24-21(23)25-18-6-7-19-20(16-18)29-15-5-14-28-19/h6-7,16H,2-5,8-15,17H2,1H3,(H3,23,24,25). The highest BCUT2D eigenvalue weighted by Gasteiger charge is 2.39. The van der Waals surface area contributed by atoms with Crippen LogP contribution in [0.3, 0.4) is 0 Å². The summed E-state index contributed by atoms with van der Waals surface area (Å²) in [4.78, 5) is 9.91. The van der Waals surface area contributed by atoms with Crippen LogP contribution in [0.15, 0.2) is 23.2 Å². The molecule has 2 saturated heterocycles. The molecule has 0 saturated carbocycles. The molecule has 29 heavy (non-hydrogen) atoms. The number of hydrogen-bond donors (Lipinski definition) is 2. The number of nitrogens with two attached hydrogens (primary N) is 1. The molecule has 3 aliphatic heterocycles. The quantitative estimate of drug-likeness (QED) is 0.597. The van der Waals surface area contributed by atoms with Crippen LogP contribution in [0.2, 0.25) is 0 Å². The molecule has 1 aromatic carbocycles. The molecule has 0 radical (unpaired) electrons. The molecule has 2 fully saturated rings. The summed E-state index contributed by atoms with van der Waals surface area (Å²) < 4.78 is 11.5. The Morgan fingerprint density at radius 1 is 1.03 bits per heavy atom. The second-order valence-electron chi connectivity index (χ2n) is 8.61. The molecule has 0 spiro atoms. The topological polar surface area (TPSA) is 75.3 Å². The van der Waals surface area contributed by atoms with Crippen LogP contribution in [0, 0.1) is 0 Å². The average Bonchev–Trinajstić information content (AvgIpc) is 2.99. The number of hydrogen-bond acceptors (Lipinski definition) is 5. The van der Waals surface area contributed by atoms with E-state index >= 15 is 0 Å². The van der Waals surface area contributed by atoms with Gasteiger partial charge in [0.15, 0.2) is 17.5 Å². The van der Waals surface area contributed by atoms with Crippen LogP contribution in [0.4, 0.5) is 5.69 Å². The Kier molecular flexibility index (Phi) is 6.45. The van der Waals surface area contributed by atoms with Crippen LogP contribution in [-0.4, -0.2) is 74.3 Å². The largest absolute Gasteiger partial charge is 0.490 e. The summed E-state index contributed by atoms with van der Waals surface area (Å²) in [5.41, 5.74) is 7.31. The van der Waals surface area contributed by atoms with Gasteiger partial charge in [0.05, 0.1) is 19.8 Å². The van der Waals surface area contributed by atoms with Crippen LogP contribution < -0.4 is 20.5 Å². The normalized spacial score (nSPS) is 23.4. The zero-order chi connectivity index (χ0) is 20.1. The minimum atomic E-state index is 0.143. The van der Waals surface area contributed by atoms with E-state index in [0.29, 0.717) is 19.2 Å². The second-order valence-corrected chi connectivity index (χ2v) is 8.61. The molecular weight excluding hydrogens is 366 g/mol. The van der Waals surface area contributed by atoms with E-state index in [1.807, 2.05) is 18.2 Å². The third-order valence-corrected chi connectivity index (χ3v) is 6.51. The first-order valence-electron chi connectivity index (χ1n) is 11.0. The monoisotopic (exact) mass is 401 g/mol. The fraction of sp³-hybridized carbons (Fsp3) is 0.682. The Labute approximate surface area is 174 Å². The Balaban J connectivity index is 1.43. The molecule has 3 aliphatic rings. The Hall–Kier alpha value is -1.99. The van der Waals surface area contributed by atoms with E-state index in [1.165, 1.54) is 32.4 Å². The van der Waals surface area contributed by atoms with Crippen LogP contribution in [-0.2, 0) is 0 Å². The summed E-state index contributed by atoms with van der Waals surface area (Å²) in [6, 6.07) is 5.84. The van der Waals surface area contributed by atoms with Crippen molar-refractivity contribution in [1.82, 2.24) is 9.80 Å². The first-order chi connectivity index (χ1) is 14.1. The highest BCUT2D eigenvalue weighted by atomic mass is 16.5. The van der Waals surface area contributed by atoms with E-state index in [9.17, 15) is 0 Å². The van der Waals surface area contributed by atoms with Gasteiger partial charge in [-0.1, -0.05) is 6.42 Å². The fourth-order valence-electron chi connectivity index (χ4n) is 4.64. The van der Waals surface area contributed by atoms with Crippen molar-refractivity contribution in [2.75, 3.05) is 58.3 Å². The van der Waals surface area contributed by atoms with Gasteiger partial charge in [-0.3, -0.25) is 9.89 Å². The molecule has 3 N–H and O–H groups in total. The van der Waals surface area contributed by atoms with E-state index in [1.54, 1.807) is 0 Å². The van der Waals surface area contributed by atoms with E-state index in [0.717, 1.165) is 56.1 Å². The number of anilines is 1. The number of nitrogens with zero attached hydrogens (tertiary/aromatic N) is 3. The van der Waals surface area contributed by atoms with Gasteiger partial charge in [-0.25, -0.2) is 0 Å². The second kappa shape index (κ2) is 9.22. The summed E-state index contributed by atoms with van der Waals surface area (Å²) in [5, 5.41) is 3.24. The highest BCUT2D eigenvalue weighted by molar-refractivity contribution is 5.92. The molecule has 0 aliphatic carbocycles. The van der Waals surface area contributed by atoms with Crippen molar-refractivity contribution in [1.29, 1.82) is 0 Å². The Morgan fingerprint density at radius 2 is 1.76 bits per heavy atom. The summed E-state index contributed by atoms with van der Waals surface area (Å²) in [6.45, 7) is 6.75. The molecule has 0 aromatic heterocycles. The molecule has 0 unspecified atom stereocenters. The van der Waals surface area contributed by atoms with Gasteiger partial charge in [0, 0.05) is 23.7 Å². The van der Waals surface area contributed by atoms with E-state index < -0.39 is 0 Å². The Morgan fingerprint density at radius 3 is 2.52 bits per heavy atom. The smallest absolute Gasteiger partial charge is 0.193 e. The van der Waals surface area contributed by atoms with E-state index in [-0.39, 0.29) is 5.54 Å². The fourth-order valence-corrected chi connectivity index (χ4v) is 4.64. The lowest BCUT2D eigenvalue weighted by Crippen LogP contribution is -2.58. The molecule has 160 valence electrons. The molecule has 7 nitrogen and oxygen atoms in total. The van der Waals surface area contributed by atoms with Gasteiger partial charge >= 0.3 is 0 Å². The van der Waals surface area contributed by atoms with Crippen LogP contribution in [0.1, 0.15) is 38.5 Å². The minimum absolute atomic E-state index is 0.143. The van der Waals surface area contributed by atoms with Crippen molar-refractivity contribution in [3.05, 3.63) is 18.2 Å². The van der Waals surface area contributed by atoms with Crippen LogP contribution in [0.5, 0.6) is 11.5 Å². The molecule has 3 heterocycles. The number of likely N-dealkylation sites (tertiary alicyclic amines) is 2. The number of piperidine rings is 2. The third kappa shape index (κ3) is 4.95. The first kappa shape index (κ1) is 20.3. The number of aliphatic imine (C=N–C) groups is 1. The molecule has 7 heteroatoms. The average molecular weight is 402 g/mol. The molecular formula is C22H35N5O2. The molecule has 0 atom stereocenters. The zero-order valence-corrected chi connectivity index (χ0v) is 17.7. The SMILES string of the molecule is CN1CCC(CN=C(N)Nc2ccc3c(c2)OCCCO3)(N2CCCCC2)CC1. The number of ether oxygens (including phenoxy) is 2. The van der Waals surface area contributed by atoms with Gasteiger partial charge < -0.3 is 25.4 Å². The number of fused-ring (bicyclic) bond motifs is 1. The van der Waals surface area contributed by atoms with Crippen molar-refractivity contribution >= 4 is 11.6 Å². The summed E-state index contributed by atoms with van der Waals surface area (Å²) in [7, 11) is 2.21. The summed E-state index contributed by atoms with van der Waals surface area (Å²) in [6.07, 6.45) is 7.16. The highest BCUT2D eigenvalue weighted by Crippen LogP contribution is 2.33. The number of rotatable bonds is 4. The lowest BCUT2D eigenvalue weighted by atomic mass is 9.84. The number of nitrogens with one attached hydrogen (secondary N) is 1. The van der Waals surface area contributed by atoms with Crippen molar-refractivity contribution in [2.45, 2.75) is 44.1 Å². The minimum Gasteiger partial charge on any atom is -0.490 e. The maximum absolute atomic E-state index is 6.28. The van der Waals surface area contributed by atoms with Crippen LogP contribution >= 0.6 is 0 Å². The third-order valence-electron chi connectivity index (χ3n) is 6.51. The van der Waals surface area contributed by atoms with Crippen LogP contribution in [0.25, 0.3) is 0 Å². The summed E-state index contributed by atoms with van der Waals surface area (Å²) >= 11 is 0. The van der Waals surface area contributed by atoms with Gasteiger partial charge in [0.2, 0.25) is 0 Å². The van der Waals surface area contributed by atoms with Gasteiger partial charge in [-0.05, 0) is 71.0 Å². The molecule has 1 aromatic rings. The van der Waals surface area contributed by atoms with Crippen molar-refractivity contribution in [3.8, 4) is 11.5 Å². The lowest BCUT2D eigenvalue weighted by molar-refractivity contribution is 0.0209. The predicted molar refractivity (Wildman–Crippen MR) is 117 cm³/mol. The zero-order valence-electron chi connectivity index (χ0n) is 17.7. The van der Waals surface area contributed by atoms with Crippen molar-refractivity contribution in [2.24, 2.45) is 10.7 Å². The lowest BCUT2D eigenvalue weighted by Gasteiger charge is -2.49. The van der Waals surface area contributed by atoms with Gasteiger partial charge in [-0.2, -0.15) is 0 Å². The van der Waals surface area contributed by atoms with Gasteiger partial charge in [0.1, 0.15) is 0 Å². The number of benzene rings is 1. The van der Waals surface area contributed by atoms with E-state index in [4.69, 9.17) is 20.2 Å². The molecule has 0 bridgehead atoms.